The van der Waals surface area contributed by atoms with Crippen molar-refractivity contribution in [2.75, 3.05) is 0 Å². The van der Waals surface area contributed by atoms with Crippen molar-refractivity contribution < 1.29 is 11.0 Å². The molecule has 0 bridgehead atoms. The zero-order valence-electron chi connectivity index (χ0n) is 41.8. The van der Waals surface area contributed by atoms with E-state index in [9.17, 15) is 5.48 Å². The molecule has 6 heteroatoms. The zero-order chi connectivity index (χ0) is 48.8. The summed E-state index contributed by atoms with van der Waals surface area (Å²) in [7, 11) is 0. The average Bonchev–Trinajstić information content (AvgIpc) is 4.16. The highest BCUT2D eigenvalue weighted by atomic mass is 15.2. The molecule has 14 rings (SSSR count). The smallest absolute Gasteiger partial charge is 0.168 e. The molecule has 14 aromatic rings. The van der Waals surface area contributed by atoms with E-state index in [0.717, 1.165) is 76.8 Å². The van der Waals surface area contributed by atoms with Crippen molar-refractivity contribution in [2.24, 2.45) is 0 Å². The topological polar surface area (TPSA) is 45.5 Å². The van der Waals surface area contributed by atoms with Gasteiger partial charge in [0.2, 0.25) is 0 Å². The van der Waals surface area contributed by atoms with Crippen molar-refractivity contribution in [3.8, 4) is 34.4 Å². The monoisotopic (exact) mass is 824 g/mol. The molecule has 0 N–H and O–H groups in total. The van der Waals surface area contributed by atoms with E-state index in [1.165, 1.54) is 4.57 Å². The zero-order valence-corrected chi connectivity index (χ0v) is 33.8. The van der Waals surface area contributed by atoms with Gasteiger partial charge in [-0.1, -0.05) is 152 Å². The van der Waals surface area contributed by atoms with Gasteiger partial charge in [0.1, 0.15) is 11.6 Å². The summed E-state index contributed by atoms with van der Waals surface area (Å²) >= 11 is 0. The average molecular weight is 825 g/mol. The second kappa shape index (κ2) is 13.4. The molecule has 0 amide bonds. The van der Waals surface area contributed by atoms with Gasteiger partial charge in [0.25, 0.3) is 0 Å². The summed E-state index contributed by atoms with van der Waals surface area (Å²) in [6.45, 7) is 0. The highest BCUT2D eigenvalue weighted by Crippen LogP contribution is 2.43. The molecule has 0 radical (unpaired) electrons. The van der Waals surface area contributed by atoms with E-state index in [1.54, 1.807) is 6.07 Å². The lowest BCUT2D eigenvalue weighted by atomic mass is 10.1. The molecule has 64 heavy (non-hydrogen) atoms. The van der Waals surface area contributed by atoms with Crippen LogP contribution in [0.2, 0.25) is 0 Å². The minimum atomic E-state index is -0.524. The van der Waals surface area contributed by atoms with Crippen LogP contribution in [0.25, 0.3) is 122 Å². The molecular formula is C58H36N6. The van der Waals surface area contributed by atoms with Crippen molar-refractivity contribution in [3.63, 3.8) is 0 Å². The van der Waals surface area contributed by atoms with E-state index in [4.69, 9.17) is 15.5 Å². The van der Waals surface area contributed by atoms with Gasteiger partial charge < -0.3 is 9.13 Å². The molecule has 298 valence electrons. The second-order valence-electron chi connectivity index (χ2n) is 16.0. The van der Waals surface area contributed by atoms with Crippen LogP contribution in [0.15, 0.2) is 218 Å². The van der Waals surface area contributed by atoms with E-state index in [0.29, 0.717) is 11.4 Å². The Morgan fingerprint density at radius 2 is 0.609 bits per heavy atom. The number of para-hydroxylation sites is 8. The molecule has 5 heterocycles. The summed E-state index contributed by atoms with van der Waals surface area (Å²) in [5.41, 5.74) is 7.55. The molecule has 0 atom stereocenters. The van der Waals surface area contributed by atoms with Crippen LogP contribution in [0, 0.1) is 0 Å². The number of benzene rings is 9. The molecule has 0 unspecified atom stereocenters. The Kier molecular flexibility index (Phi) is 5.85. The summed E-state index contributed by atoms with van der Waals surface area (Å²) in [4.78, 5) is 11.2. The Morgan fingerprint density at radius 1 is 0.297 bits per heavy atom. The number of fused-ring (bicyclic) bond motifs is 12. The third kappa shape index (κ3) is 4.85. The molecule has 9 aromatic carbocycles. The summed E-state index contributed by atoms with van der Waals surface area (Å²) in [6, 6.07) is 53.4. The quantitative estimate of drug-likeness (QED) is 0.174. The molecule has 0 aliphatic heterocycles. The maximum Gasteiger partial charge on any atom is 0.168 e. The minimum absolute atomic E-state index is 0.0425. The van der Waals surface area contributed by atoms with Crippen molar-refractivity contribution in [1.29, 1.82) is 0 Å². The Bertz CT molecular complexity index is 4330. The van der Waals surface area contributed by atoms with Gasteiger partial charge in [-0.05, 0) is 60.6 Å². The first-order chi connectivity index (χ1) is 35.1. The first-order valence-corrected chi connectivity index (χ1v) is 21.1. The molecule has 0 saturated carbocycles. The van der Waals surface area contributed by atoms with Gasteiger partial charge in [0, 0.05) is 49.2 Å². The first-order valence-electron chi connectivity index (χ1n) is 25.1. The molecular weight excluding hydrogens is 781 g/mol. The van der Waals surface area contributed by atoms with Gasteiger partial charge in [-0.2, -0.15) is 0 Å². The second-order valence-corrected chi connectivity index (χ2v) is 16.0. The highest BCUT2D eigenvalue weighted by molar-refractivity contribution is 6.13. The van der Waals surface area contributed by atoms with Gasteiger partial charge in [-0.15, -0.1) is 0 Å². The van der Waals surface area contributed by atoms with Crippen LogP contribution in [0.5, 0.6) is 0 Å². The third-order valence-corrected chi connectivity index (χ3v) is 12.7. The fraction of sp³-hybridized carbons (Fsp3) is 0. The van der Waals surface area contributed by atoms with Crippen LogP contribution >= 0.6 is 0 Å². The summed E-state index contributed by atoms with van der Waals surface area (Å²) < 4.78 is 81.1. The molecule has 6 nitrogen and oxygen atoms in total. The van der Waals surface area contributed by atoms with Crippen molar-refractivity contribution in [3.05, 3.63) is 218 Å². The largest absolute Gasteiger partial charge is 0.308 e. The molecule has 0 spiro atoms. The normalized spacial score (nSPS) is 13.8. The molecule has 5 aromatic heterocycles. The lowest BCUT2D eigenvalue weighted by molar-refractivity contribution is 0.987. The van der Waals surface area contributed by atoms with Crippen molar-refractivity contribution in [1.82, 2.24) is 28.2 Å². The summed E-state index contributed by atoms with van der Waals surface area (Å²) in [5, 5.41) is 6.08. The minimum Gasteiger partial charge on any atom is -0.308 e. The van der Waals surface area contributed by atoms with Crippen LogP contribution in [-0.4, -0.2) is 28.2 Å². The van der Waals surface area contributed by atoms with E-state index < -0.39 is 48.3 Å². The van der Waals surface area contributed by atoms with Gasteiger partial charge >= 0.3 is 0 Å². The lowest BCUT2D eigenvalue weighted by Gasteiger charge is -2.20. The molecule has 0 saturated heterocycles. The van der Waals surface area contributed by atoms with E-state index >= 15 is 0 Å². The molecule has 0 aliphatic carbocycles. The van der Waals surface area contributed by atoms with E-state index in [1.807, 2.05) is 91.0 Å². The van der Waals surface area contributed by atoms with Crippen LogP contribution in [0.1, 0.15) is 11.0 Å². The highest BCUT2D eigenvalue weighted by Gasteiger charge is 2.26. The van der Waals surface area contributed by atoms with Crippen LogP contribution in [0.4, 0.5) is 0 Å². The summed E-state index contributed by atoms with van der Waals surface area (Å²) in [5.74, 6) is 0.779. The Labute approximate surface area is 378 Å². The molecule has 0 aliphatic rings. The standard InChI is InChI=1S/C58H36N6/c1-9-26-45-37(18-1)38-19-2-10-27-46(38)61(45)53-34-17-35-54(62-47-28-11-3-20-39(47)40-21-4-12-29-48(40)62)57(53)58-59-55(63-49-30-13-5-22-41(49)42-23-6-14-31-50(42)63)36-56(60-58)64-51-32-15-7-24-43(51)44-25-8-16-33-52(44)64/h1-36H/i5D,6D,13D,14D,22D,23D,30D,31D. The van der Waals surface area contributed by atoms with Gasteiger partial charge in [0.05, 0.1) is 72.0 Å². The number of hydrogen-bond acceptors (Lipinski definition) is 2. The van der Waals surface area contributed by atoms with Gasteiger partial charge in [-0.25, -0.2) is 9.97 Å². The Hall–Kier alpha value is -8.74. The van der Waals surface area contributed by atoms with Gasteiger partial charge in [-0.3, -0.25) is 9.13 Å². The predicted octanol–water partition coefficient (Wildman–Crippen LogP) is 14.5. The van der Waals surface area contributed by atoms with E-state index in [2.05, 4.69) is 86.5 Å². The third-order valence-electron chi connectivity index (χ3n) is 12.7. The summed E-state index contributed by atoms with van der Waals surface area (Å²) in [6.07, 6.45) is 0. The number of aromatic nitrogens is 6. The fourth-order valence-corrected chi connectivity index (χ4v) is 10.1. The maximum absolute atomic E-state index is 9.50. The number of nitrogens with zero attached hydrogens (tertiary/aromatic N) is 6. The number of hydrogen-bond donors (Lipinski definition) is 0. The Balaban J connectivity index is 1.22. The van der Waals surface area contributed by atoms with Crippen LogP contribution in [0.3, 0.4) is 0 Å². The Morgan fingerprint density at radius 3 is 0.984 bits per heavy atom. The van der Waals surface area contributed by atoms with Crippen LogP contribution in [-0.2, 0) is 0 Å². The predicted molar refractivity (Wildman–Crippen MR) is 265 cm³/mol. The van der Waals surface area contributed by atoms with Crippen molar-refractivity contribution in [2.45, 2.75) is 0 Å². The van der Waals surface area contributed by atoms with Crippen molar-refractivity contribution >= 4 is 87.2 Å². The fourth-order valence-electron chi connectivity index (χ4n) is 10.1. The SMILES string of the molecule is [2H]c1c([2H])c([2H])c2c(c1[2H])c1c([2H])c([2H])c([2H])c([2H])c1n2-c1cc(-n2c3ccccc3c3ccccc32)nc(-c2c(-n3c4ccccc4c4ccccc43)cccc2-n2c3ccccc3c3ccccc32)n1. The maximum atomic E-state index is 9.50. The van der Waals surface area contributed by atoms with Crippen LogP contribution < -0.4 is 0 Å². The van der Waals surface area contributed by atoms with E-state index in [-0.39, 0.29) is 33.4 Å². The van der Waals surface area contributed by atoms with Gasteiger partial charge in [0.15, 0.2) is 5.82 Å². The number of rotatable bonds is 5. The first kappa shape index (κ1) is 28.0. The lowest BCUT2D eigenvalue weighted by Crippen LogP contribution is -2.10. The molecule has 0 fully saturated rings.